The molecule has 3 aromatic carbocycles. The SMILES string of the molecule is CCCCCN(CCCCC)c1cc(Sc2ccc(C(C)(C)C)cc2)c2nc3cc(C(=O)Nc4ccc(CC(C)C)cc4)c(=O)cc-3oc2c1. The Labute approximate surface area is 302 Å². The van der Waals surface area contributed by atoms with E-state index in [-0.39, 0.29) is 11.0 Å². The van der Waals surface area contributed by atoms with Gasteiger partial charge in [-0.15, -0.1) is 0 Å². The van der Waals surface area contributed by atoms with Crippen molar-refractivity contribution in [1.29, 1.82) is 0 Å². The summed E-state index contributed by atoms with van der Waals surface area (Å²) in [5.41, 5.74) is 5.72. The first-order valence-corrected chi connectivity index (χ1v) is 19.1. The topological polar surface area (TPSA) is 75.4 Å². The number of carbonyl (C=O) groups excluding carboxylic acids is 1. The average molecular weight is 692 g/mol. The van der Waals surface area contributed by atoms with Crippen LogP contribution >= 0.6 is 11.8 Å². The van der Waals surface area contributed by atoms with E-state index < -0.39 is 11.3 Å². The molecule has 0 spiro atoms. The third kappa shape index (κ3) is 9.57. The normalized spacial score (nSPS) is 11.8. The van der Waals surface area contributed by atoms with Gasteiger partial charge in [0.15, 0.2) is 16.8 Å². The standard InChI is InChI=1S/C43H53N3O3S/c1-8-10-12-22-46(23-13-11-9-2)33-25-39-41(40(26-33)50-34-20-16-31(17-21-34)43(5,6)7)45-36-27-35(37(47)28-38(36)49-39)42(48)44-32-18-14-30(15-19-32)24-29(3)4/h14-21,25-29H,8-13,22-24H2,1-7H3,(H,44,48). The lowest BCUT2D eigenvalue weighted by Gasteiger charge is -2.26. The minimum atomic E-state index is -0.464. The summed E-state index contributed by atoms with van der Waals surface area (Å²) in [6.07, 6.45) is 7.91. The van der Waals surface area contributed by atoms with Gasteiger partial charge in [-0.1, -0.05) is 110 Å². The zero-order chi connectivity index (χ0) is 35.8. The number of nitrogens with one attached hydrogen (secondary N) is 1. The van der Waals surface area contributed by atoms with Crippen molar-refractivity contribution in [1.82, 2.24) is 4.98 Å². The first-order chi connectivity index (χ1) is 23.9. The van der Waals surface area contributed by atoms with Crippen LogP contribution in [0.1, 0.15) is 108 Å². The monoisotopic (exact) mass is 691 g/mol. The maximum Gasteiger partial charge on any atom is 0.259 e. The van der Waals surface area contributed by atoms with Crippen LogP contribution in [-0.2, 0) is 11.8 Å². The van der Waals surface area contributed by atoms with Gasteiger partial charge in [0, 0.05) is 46.4 Å². The highest BCUT2D eigenvalue weighted by molar-refractivity contribution is 7.99. The lowest BCUT2D eigenvalue weighted by atomic mass is 9.87. The van der Waals surface area contributed by atoms with E-state index in [4.69, 9.17) is 9.40 Å². The Bertz CT molecular complexity index is 1900. The molecule has 2 aliphatic rings. The van der Waals surface area contributed by atoms with E-state index in [1.807, 2.05) is 24.3 Å². The molecule has 1 heterocycles. The molecule has 0 unspecified atom stereocenters. The van der Waals surface area contributed by atoms with Gasteiger partial charge in [-0.25, -0.2) is 4.98 Å². The summed E-state index contributed by atoms with van der Waals surface area (Å²) in [7, 11) is 0. The molecule has 0 saturated carbocycles. The molecule has 1 N–H and O–H groups in total. The molecule has 1 aliphatic carbocycles. The molecular formula is C43H53N3O3S. The van der Waals surface area contributed by atoms with E-state index in [1.54, 1.807) is 17.8 Å². The van der Waals surface area contributed by atoms with Crippen LogP contribution in [0.15, 0.2) is 91.8 Å². The molecule has 0 bridgehead atoms. The van der Waals surface area contributed by atoms with E-state index in [0.717, 1.165) is 47.8 Å². The van der Waals surface area contributed by atoms with Gasteiger partial charge in [-0.2, -0.15) is 0 Å². The Balaban J connectivity index is 1.55. The van der Waals surface area contributed by atoms with Crippen molar-refractivity contribution in [3.63, 3.8) is 0 Å². The number of aromatic nitrogens is 1. The van der Waals surface area contributed by atoms with Gasteiger partial charge < -0.3 is 14.6 Å². The molecule has 6 nitrogen and oxygen atoms in total. The maximum atomic E-state index is 13.4. The number of amides is 1. The molecule has 1 aliphatic heterocycles. The van der Waals surface area contributed by atoms with E-state index in [1.165, 1.54) is 42.9 Å². The second kappa shape index (κ2) is 16.7. The summed E-state index contributed by atoms with van der Waals surface area (Å²) in [4.78, 5) is 36.3. The summed E-state index contributed by atoms with van der Waals surface area (Å²) in [6, 6.07) is 23.8. The molecule has 5 rings (SSSR count). The molecule has 50 heavy (non-hydrogen) atoms. The van der Waals surface area contributed by atoms with E-state index in [0.29, 0.717) is 34.2 Å². The molecule has 3 aromatic rings. The third-order valence-corrected chi connectivity index (χ3v) is 10.1. The Hall–Kier alpha value is -4.10. The van der Waals surface area contributed by atoms with Gasteiger partial charge >= 0.3 is 0 Å². The van der Waals surface area contributed by atoms with Gasteiger partial charge in [-0.05, 0) is 78.1 Å². The van der Waals surface area contributed by atoms with Crippen molar-refractivity contribution in [3.8, 4) is 11.5 Å². The van der Waals surface area contributed by atoms with Crippen molar-refractivity contribution in [2.45, 2.75) is 109 Å². The quantitative estimate of drug-likeness (QED) is 0.0870. The predicted octanol–water partition coefficient (Wildman–Crippen LogP) is 11.4. The van der Waals surface area contributed by atoms with Crippen LogP contribution in [0.5, 0.6) is 0 Å². The molecule has 0 aromatic heterocycles. The molecule has 264 valence electrons. The smallest absolute Gasteiger partial charge is 0.259 e. The number of hydrogen-bond acceptors (Lipinski definition) is 6. The van der Waals surface area contributed by atoms with Crippen LogP contribution in [0, 0.1) is 5.92 Å². The van der Waals surface area contributed by atoms with Gasteiger partial charge in [0.25, 0.3) is 5.91 Å². The van der Waals surface area contributed by atoms with Crippen molar-refractivity contribution in [2.24, 2.45) is 5.92 Å². The molecule has 0 fully saturated rings. The lowest BCUT2D eigenvalue weighted by molar-refractivity contribution is 0.102. The number of unbranched alkanes of at least 4 members (excludes halogenated alkanes) is 4. The second-order valence-corrected chi connectivity index (χ2v) is 16.0. The number of hydrogen-bond donors (Lipinski definition) is 1. The fraction of sp³-hybridized carbons (Fsp3) is 0.419. The maximum absolute atomic E-state index is 13.4. The van der Waals surface area contributed by atoms with Crippen LogP contribution in [0.25, 0.3) is 22.6 Å². The van der Waals surface area contributed by atoms with Crippen molar-refractivity contribution in [3.05, 3.63) is 99.7 Å². The number of rotatable bonds is 15. The minimum Gasteiger partial charge on any atom is -0.453 e. The van der Waals surface area contributed by atoms with Crippen molar-refractivity contribution in [2.75, 3.05) is 23.3 Å². The number of anilines is 2. The summed E-state index contributed by atoms with van der Waals surface area (Å²) >= 11 is 1.66. The summed E-state index contributed by atoms with van der Waals surface area (Å²) < 4.78 is 6.47. The van der Waals surface area contributed by atoms with E-state index >= 15 is 0 Å². The van der Waals surface area contributed by atoms with Gasteiger partial charge in [0.1, 0.15) is 11.2 Å². The number of benzene rings is 4. The zero-order valence-corrected chi connectivity index (χ0v) is 31.7. The highest BCUT2D eigenvalue weighted by Gasteiger charge is 2.21. The van der Waals surface area contributed by atoms with Crippen LogP contribution < -0.4 is 15.6 Å². The Morgan fingerprint density at radius 2 is 1.54 bits per heavy atom. The Morgan fingerprint density at radius 1 is 0.880 bits per heavy atom. The Kier molecular flexibility index (Phi) is 12.4. The fourth-order valence-corrected chi connectivity index (χ4v) is 7.12. The van der Waals surface area contributed by atoms with Gasteiger partial charge in [-0.3, -0.25) is 9.59 Å². The molecule has 0 saturated heterocycles. The second-order valence-electron chi connectivity index (χ2n) is 14.8. The lowest BCUT2D eigenvalue weighted by Crippen LogP contribution is -2.25. The first-order valence-electron chi connectivity index (χ1n) is 18.3. The largest absolute Gasteiger partial charge is 0.453 e. The third-order valence-electron chi connectivity index (χ3n) is 9.01. The van der Waals surface area contributed by atoms with Crippen LogP contribution in [0.2, 0.25) is 0 Å². The number of fused-ring (bicyclic) bond motifs is 2. The molecule has 7 heteroatoms. The first kappa shape index (κ1) is 37.2. The Morgan fingerprint density at radius 3 is 2.14 bits per heavy atom. The molecule has 1 amide bonds. The van der Waals surface area contributed by atoms with Crippen molar-refractivity contribution >= 4 is 40.1 Å². The minimum absolute atomic E-state index is 0.0347. The van der Waals surface area contributed by atoms with Crippen molar-refractivity contribution < 1.29 is 9.21 Å². The molecule has 0 atom stereocenters. The summed E-state index contributed by atoms with van der Waals surface area (Å²) in [5, 5.41) is 2.90. The van der Waals surface area contributed by atoms with E-state index in [2.05, 4.69) is 95.1 Å². The van der Waals surface area contributed by atoms with Gasteiger partial charge in [0.2, 0.25) is 0 Å². The highest BCUT2D eigenvalue weighted by Crippen LogP contribution is 2.39. The van der Waals surface area contributed by atoms with Crippen LogP contribution in [0.3, 0.4) is 0 Å². The van der Waals surface area contributed by atoms with E-state index in [9.17, 15) is 9.59 Å². The predicted molar refractivity (Wildman–Crippen MR) is 210 cm³/mol. The molecular weight excluding hydrogens is 639 g/mol. The molecule has 0 radical (unpaired) electrons. The average Bonchev–Trinajstić information content (AvgIpc) is 3.07. The number of nitrogens with zero attached hydrogens (tertiary/aromatic N) is 2. The van der Waals surface area contributed by atoms with Crippen LogP contribution in [-0.4, -0.2) is 24.0 Å². The van der Waals surface area contributed by atoms with Crippen LogP contribution in [0.4, 0.5) is 11.4 Å². The number of carbonyl (C=O) groups is 1. The summed E-state index contributed by atoms with van der Waals surface area (Å²) in [6.45, 7) is 17.4. The van der Waals surface area contributed by atoms with Gasteiger partial charge in [0.05, 0.1) is 5.56 Å². The zero-order valence-electron chi connectivity index (χ0n) is 30.9. The summed E-state index contributed by atoms with van der Waals surface area (Å²) in [5.74, 6) is 0.442. The fourth-order valence-electron chi connectivity index (χ4n) is 6.17. The highest BCUT2D eigenvalue weighted by atomic mass is 32.2.